The molecule has 2 unspecified atom stereocenters. The third kappa shape index (κ3) is 11.4. The van der Waals surface area contributed by atoms with Crippen LogP contribution < -0.4 is 5.32 Å². The first kappa shape index (κ1) is 52.8. The first-order valence-electron chi connectivity index (χ1n) is 25.4. The molecule has 368 valence electrons. The lowest BCUT2D eigenvalue weighted by Crippen LogP contribution is -2.63. The number of carboxylic acid groups (broad SMARTS) is 1. The molecule has 13 nitrogen and oxygen atoms in total. The molecule has 4 saturated heterocycles. The minimum absolute atomic E-state index is 0.0281. The van der Waals surface area contributed by atoms with Gasteiger partial charge in [-0.25, -0.2) is 4.79 Å². The van der Waals surface area contributed by atoms with Crippen molar-refractivity contribution in [2.24, 2.45) is 41.4 Å². The molecule has 0 aliphatic carbocycles. The van der Waals surface area contributed by atoms with Crippen LogP contribution in [-0.4, -0.2) is 105 Å². The highest BCUT2D eigenvalue weighted by Gasteiger charge is 2.64. The van der Waals surface area contributed by atoms with Gasteiger partial charge in [-0.05, 0) is 102 Å². The molecule has 1 amide bonds. The minimum atomic E-state index is -1.43. The summed E-state index contributed by atoms with van der Waals surface area (Å²) in [5, 5.41) is 35.9. The van der Waals surface area contributed by atoms with Gasteiger partial charge in [0.25, 0.3) is 0 Å². The number of ketones is 1. The number of Topliss-reactive ketones (excluding diaryl/α,β-unsaturated/α-hetero) is 1. The van der Waals surface area contributed by atoms with Crippen molar-refractivity contribution in [2.75, 3.05) is 6.54 Å². The van der Waals surface area contributed by atoms with E-state index in [9.17, 15) is 29.7 Å². The zero-order valence-corrected chi connectivity index (χ0v) is 41.3. The Morgan fingerprint density at radius 3 is 2.17 bits per heavy atom. The Balaban J connectivity index is 1.36. The van der Waals surface area contributed by atoms with Crippen molar-refractivity contribution in [1.82, 2.24) is 5.32 Å². The summed E-state index contributed by atoms with van der Waals surface area (Å²) >= 11 is 0. The van der Waals surface area contributed by atoms with Crippen molar-refractivity contribution in [2.45, 2.75) is 244 Å². The maximum atomic E-state index is 14.7. The number of carbonyl (C=O) groups excluding carboxylic acids is 2. The molecule has 0 aromatic rings. The molecule has 0 aromatic heterocycles. The van der Waals surface area contributed by atoms with Crippen molar-refractivity contribution >= 4 is 17.8 Å². The third-order valence-electron chi connectivity index (χ3n) is 16.5. The number of aliphatic hydroxyl groups excluding tert-OH is 1. The smallest absolute Gasteiger partial charge is 0.407 e. The predicted molar refractivity (Wildman–Crippen MR) is 244 cm³/mol. The molecular formula is C51H87NO12. The number of rotatable bonds is 20. The number of nitrogens with one attached hydrogen (secondary N) is 1. The quantitative estimate of drug-likeness (QED) is 0.0673. The van der Waals surface area contributed by atoms with Crippen molar-refractivity contribution in [3.8, 4) is 0 Å². The molecule has 0 aromatic carbocycles. The molecule has 0 radical (unpaired) electrons. The van der Waals surface area contributed by atoms with E-state index in [1.807, 2.05) is 53.7 Å². The lowest BCUT2D eigenvalue weighted by atomic mass is 9.72. The summed E-state index contributed by atoms with van der Waals surface area (Å²) in [4.78, 5) is 40.2. The number of aliphatic hydroxyl groups is 2. The first-order chi connectivity index (χ1) is 30.2. The number of ether oxygens (including phenoxy) is 6. The molecule has 0 bridgehead atoms. The second-order valence-electron chi connectivity index (χ2n) is 21.0. The van der Waals surface area contributed by atoms with E-state index < -0.39 is 95.1 Å². The molecule has 13 heteroatoms. The number of hydrogen-bond acceptors (Lipinski definition) is 11. The van der Waals surface area contributed by atoms with Gasteiger partial charge in [0.2, 0.25) is 5.79 Å². The van der Waals surface area contributed by atoms with Crippen LogP contribution in [0.3, 0.4) is 0 Å². The molecule has 5 heterocycles. The van der Waals surface area contributed by atoms with E-state index in [2.05, 4.69) is 33.0 Å². The summed E-state index contributed by atoms with van der Waals surface area (Å²) in [6.07, 6.45) is 11.4. The van der Waals surface area contributed by atoms with Crippen molar-refractivity contribution < 1.29 is 58.1 Å². The van der Waals surface area contributed by atoms with E-state index >= 15 is 0 Å². The van der Waals surface area contributed by atoms with Crippen LogP contribution in [0.15, 0.2) is 12.2 Å². The largest absolute Gasteiger partial charge is 0.481 e. The number of hydrogen-bond donors (Lipinski definition) is 4. The van der Waals surface area contributed by atoms with Gasteiger partial charge in [0, 0.05) is 36.6 Å². The lowest BCUT2D eigenvalue weighted by Gasteiger charge is -2.54. The van der Waals surface area contributed by atoms with E-state index in [0.717, 1.165) is 25.7 Å². The second kappa shape index (κ2) is 22.3. The standard InChI is InChI=1S/C51H87NO12/c1-12-16-17-18-19-20-29-52-47(57)61-41-24-26-50(64-51(41)28-27-48(11,63-51)40-23-25-49(58,15-4)36(10)59-40)33(7)30-32(6)45(62-50)38(14-3)43(54)34(8)42(53)35(9)44-31(5)21-22-39(60-44)37(13-2)46(55)56/h24,26,31-42,44-45,53,58H,12-23,25,27-30H2,1-11H3,(H,52,57)(H,55,56)/t31-,32-,33+,34-,35-,36-,37+,38-,39?,40+,41-,42+,44+,45?,48-,49+,50-,51-/m0/s1. The van der Waals surface area contributed by atoms with Crippen molar-refractivity contribution in [3.63, 3.8) is 0 Å². The number of alkyl carbamates (subject to hydrolysis) is 1. The van der Waals surface area contributed by atoms with Gasteiger partial charge in [-0.3, -0.25) is 9.59 Å². The first-order valence-corrected chi connectivity index (χ1v) is 25.4. The maximum absolute atomic E-state index is 14.7. The highest BCUT2D eigenvalue weighted by molar-refractivity contribution is 5.84. The Morgan fingerprint density at radius 2 is 1.53 bits per heavy atom. The summed E-state index contributed by atoms with van der Waals surface area (Å²) in [5.41, 5.74) is -1.75. The van der Waals surface area contributed by atoms with Gasteiger partial charge in [-0.15, -0.1) is 0 Å². The molecule has 18 atom stereocenters. The highest BCUT2D eigenvalue weighted by Crippen LogP contribution is 2.54. The Bertz CT molecular complexity index is 1580. The Hall–Kier alpha value is -2.13. The SMILES string of the molecule is CCCCCCCCNC(=O)O[C@H]1C=C[C@]2(OC([C@@H](CC)C(=O)[C@@H](C)[C@@H](O)[C@H](C)[C@@H]3OC([C@@H](CC)C(=O)O)CC[C@@H]3C)[C@@H](C)C[C@H]2C)O[C@@]12CC[C@@](C)([C@H]1CC[C@](O)(CC)[C@H](C)O1)O2. The van der Waals surface area contributed by atoms with Crippen LogP contribution in [0.2, 0.25) is 0 Å². The van der Waals surface area contributed by atoms with E-state index in [1.54, 1.807) is 6.92 Å². The van der Waals surface area contributed by atoms with Crippen molar-refractivity contribution in [1.29, 1.82) is 0 Å². The van der Waals surface area contributed by atoms with Gasteiger partial charge in [-0.2, -0.15) is 0 Å². The van der Waals surface area contributed by atoms with E-state index in [1.165, 1.54) is 19.3 Å². The fourth-order valence-corrected chi connectivity index (χ4v) is 11.9. The average Bonchev–Trinajstić information content (AvgIpc) is 3.61. The van der Waals surface area contributed by atoms with E-state index in [4.69, 9.17) is 28.4 Å². The van der Waals surface area contributed by atoms with Gasteiger partial charge >= 0.3 is 12.1 Å². The van der Waals surface area contributed by atoms with Crippen LogP contribution >= 0.6 is 0 Å². The minimum Gasteiger partial charge on any atom is -0.481 e. The number of unbranched alkanes of at least 4 members (excludes halogenated alkanes) is 5. The number of carbonyl (C=O) groups is 3. The summed E-state index contributed by atoms with van der Waals surface area (Å²) in [6, 6.07) is 0. The maximum Gasteiger partial charge on any atom is 0.407 e. The zero-order chi connectivity index (χ0) is 47.2. The molecule has 2 spiro atoms. The van der Waals surface area contributed by atoms with Gasteiger partial charge in [0.05, 0.1) is 53.7 Å². The molecule has 64 heavy (non-hydrogen) atoms. The number of amides is 1. The molecule has 5 aliphatic rings. The topological polar surface area (TPSA) is 179 Å². The average molecular weight is 906 g/mol. The Morgan fingerprint density at radius 1 is 0.844 bits per heavy atom. The van der Waals surface area contributed by atoms with Crippen LogP contribution in [0.5, 0.6) is 0 Å². The molecule has 4 fully saturated rings. The molecule has 4 N–H and O–H groups in total. The fraction of sp³-hybridized carbons (Fsp3) is 0.902. The molecular weight excluding hydrogens is 819 g/mol. The van der Waals surface area contributed by atoms with Gasteiger partial charge in [0.1, 0.15) is 5.78 Å². The van der Waals surface area contributed by atoms with Crippen LogP contribution in [0.25, 0.3) is 0 Å². The fourth-order valence-electron chi connectivity index (χ4n) is 11.9. The van der Waals surface area contributed by atoms with Crippen LogP contribution in [-0.2, 0) is 38.0 Å². The van der Waals surface area contributed by atoms with Gasteiger partial charge in [0.15, 0.2) is 11.9 Å². The predicted octanol–water partition coefficient (Wildman–Crippen LogP) is 9.28. The van der Waals surface area contributed by atoms with Crippen LogP contribution in [0.1, 0.15) is 179 Å². The molecule has 5 rings (SSSR count). The molecule has 0 saturated carbocycles. The van der Waals surface area contributed by atoms with Gasteiger partial charge < -0.3 is 49.1 Å². The Labute approximate surface area is 384 Å². The van der Waals surface area contributed by atoms with Gasteiger partial charge in [-0.1, -0.05) is 94.4 Å². The van der Waals surface area contributed by atoms with Crippen LogP contribution in [0, 0.1) is 41.4 Å². The third-order valence-corrected chi connectivity index (χ3v) is 16.5. The van der Waals surface area contributed by atoms with E-state index in [0.29, 0.717) is 64.3 Å². The normalized spacial score (nSPS) is 40.1. The summed E-state index contributed by atoms with van der Waals surface area (Å²) in [6.45, 7) is 22.4. The lowest BCUT2D eigenvalue weighted by molar-refractivity contribution is -0.408. The summed E-state index contributed by atoms with van der Waals surface area (Å²) < 4.78 is 40.7. The number of aliphatic carboxylic acids is 1. The monoisotopic (exact) mass is 906 g/mol. The molecule has 5 aliphatic heterocycles. The zero-order valence-electron chi connectivity index (χ0n) is 41.3. The summed E-state index contributed by atoms with van der Waals surface area (Å²) in [7, 11) is 0. The van der Waals surface area contributed by atoms with E-state index in [-0.39, 0.29) is 29.6 Å². The summed E-state index contributed by atoms with van der Waals surface area (Å²) in [5.74, 6) is -6.17. The van der Waals surface area contributed by atoms with Crippen LogP contribution in [0.4, 0.5) is 4.79 Å². The van der Waals surface area contributed by atoms with Crippen molar-refractivity contribution in [3.05, 3.63) is 12.2 Å². The highest BCUT2D eigenvalue weighted by atomic mass is 16.8. The second-order valence-corrected chi connectivity index (χ2v) is 21.0. The number of carboxylic acids is 1. The Kier molecular flexibility index (Phi) is 18.4.